The fourth-order valence-electron chi connectivity index (χ4n) is 3.31. The molecule has 0 bridgehead atoms. The lowest BCUT2D eigenvalue weighted by molar-refractivity contribution is -0.113. The first-order valence-corrected chi connectivity index (χ1v) is 9.91. The Hall–Kier alpha value is -2.44. The molecule has 4 rings (SSSR count). The highest BCUT2D eigenvalue weighted by Crippen LogP contribution is 2.46. The third-order valence-corrected chi connectivity index (χ3v) is 5.97. The summed E-state index contributed by atoms with van der Waals surface area (Å²) in [7, 11) is 1.66. The first-order valence-electron chi connectivity index (χ1n) is 8.48. The second kappa shape index (κ2) is 7.29. The van der Waals surface area contributed by atoms with Gasteiger partial charge in [-0.05, 0) is 31.2 Å². The third-order valence-electron chi connectivity index (χ3n) is 4.48. The smallest absolute Gasteiger partial charge is 0.235 e. The van der Waals surface area contributed by atoms with Gasteiger partial charge in [0, 0.05) is 16.1 Å². The predicted octanol–water partition coefficient (Wildman–Crippen LogP) is 4.62. The Bertz CT molecular complexity index is 1020. The first kappa shape index (κ1) is 17.9. The number of halogens is 1. The molecule has 1 atom stereocenters. The van der Waals surface area contributed by atoms with Crippen molar-refractivity contribution in [2.24, 2.45) is 0 Å². The predicted molar refractivity (Wildman–Crippen MR) is 109 cm³/mol. The molecule has 3 aromatic rings. The van der Waals surface area contributed by atoms with Crippen molar-refractivity contribution < 1.29 is 9.53 Å². The minimum absolute atomic E-state index is 0.0539. The molecule has 27 heavy (non-hydrogen) atoms. The number of thioether (sulfide) groups is 1. The largest absolute Gasteiger partial charge is 0.496 e. The molecule has 0 saturated heterocycles. The lowest BCUT2D eigenvalue weighted by atomic mass is 10.0. The number of para-hydroxylation sites is 1. The van der Waals surface area contributed by atoms with E-state index in [-0.39, 0.29) is 11.2 Å². The summed E-state index contributed by atoms with van der Waals surface area (Å²) in [6, 6.07) is 15.3. The summed E-state index contributed by atoms with van der Waals surface area (Å²) >= 11 is 7.73. The normalized spacial score (nSPS) is 16.4. The zero-order valence-corrected chi connectivity index (χ0v) is 16.5. The lowest BCUT2D eigenvalue weighted by Crippen LogP contribution is -2.15. The molecule has 138 valence electrons. The van der Waals surface area contributed by atoms with Gasteiger partial charge >= 0.3 is 0 Å². The maximum Gasteiger partial charge on any atom is 0.235 e. The van der Waals surface area contributed by atoms with E-state index in [2.05, 4.69) is 5.32 Å². The summed E-state index contributed by atoms with van der Waals surface area (Å²) in [5.41, 5.74) is 3.67. The van der Waals surface area contributed by atoms with E-state index in [4.69, 9.17) is 21.4 Å². The first-order chi connectivity index (χ1) is 13.1. The molecule has 2 aromatic carbocycles. The van der Waals surface area contributed by atoms with Gasteiger partial charge in [-0.25, -0.2) is 4.68 Å². The van der Waals surface area contributed by atoms with E-state index in [0.29, 0.717) is 16.6 Å². The molecular formula is C20H18ClN3O2S. The Balaban J connectivity index is 1.92. The number of nitrogens with one attached hydrogen (secondary N) is 1. The highest BCUT2D eigenvalue weighted by Gasteiger charge is 2.32. The number of aromatic nitrogens is 2. The fourth-order valence-corrected chi connectivity index (χ4v) is 4.70. The van der Waals surface area contributed by atoms with Gasteiger partial charge in [-0.15, -0.1) is 11.8 Å². The second-order valence-electron chi connectivity index (χ2n) is 6.22. The number of rotatable bonds is 3. The van der Waals surface area contributed by atoms with E-state index in [1.54, 1.807) is 23.6 Å². The van der Waals surface area contributed by atoms with Crippen molar-refractivity contribution in [1.29, 1.82) is 0 Å². The van der Waals surface area contributed by atoms with Gasteiger partial charge in [0.1, 0.15) is 11.6 Å². The molecule has 1 aromatic heterocycles. The SMILES string of the molecule is COc1ccccc1[C@@H]1SCC(=O)Nc2c1c(C)nn2-c1cccc(Cl)c1. The van der Waals surface area contributed by atoms with Crippen LogP contribution in [0.5, 0.6) is 5.75 Å². The molecule has 0 fully saturated rings. The van der Waals surface area contributed by atoms with E-state index < -0.39 is 0 Å². The van der Waals surface area contributed by atoms with Crippen molar-refractivity contribution in [1.82, 2.24) is 9.78 Å². The molecule has 0 aliphatic carbocycles. The molecule has 0 radical (unpaired) electrons. The number of carbonyl (C=O) groups excluding carboxylic acids is 1. The number of methoxy groups -OCH3 is 1. The number of benzene rings is 2. The fraction of sp³-hybridized carbons (Fsp3) is 0.200. The van der Waals surface area contributed by atoms with Gasteiger partial charge in [0.25, 0.3) is 0 Å². The van der Waals surface area contributed by atoms with E-state index in [1.165, 1.54) is 0 Å². The van der Waals surface area contributed by atoms with Gasteiger partial charge in [0.05, 0.1) is 29.5 Å². The zero-order valence-electron chi connectivity index (χ0n) is 14.9. The van der Waals surface area contributed by atoms with Crippen LogP contribution in [-0.4, -0.2) is 28.6 Å². The molecule has 0 saturated carbocycles. The Morgan fingerprint density at radius 3 is 2.85 bits per heavy atom. The number of carbonyl (C=O) groups is 1. The number of fused-ring (bicyclic) bond motifs is 1. The lowest BCUT2D eigenvalue weighted by Gasteiger charge is -2.18. The van der Waals surface area contributed by atoms with Crippen LogP contribution in [0.1, 0.15) is 22.1 Å². The number of nitrogens with zero attached hydrogens (tertiary/aromatic N) is 2. The summed E-state index contributed by atoms with van der Waals surface area (Å²) in [5, 5.41) is 8.27. The van der Waals surface area contributed by atoms with Crippen molar-refractivity contribution in [3.63, 3.8) is 0 Å². The standard InChI is InChI=1S/C20H18ClN3O2S/c1-12-18-19(15-8-3-4-9-16(15)26-2)27-11-17(25)22-20(18)24(23-12)14-7-5-6-13(21)10-14/h3-10,19H,11H2,1-2H3,(H,22,25)/t19-/m0/s1. The monoisotopic (exact) mass is 399 g/mol. The van der Waals surface area contributed by atoms with Crippen LogP contribution in [0.3, 0.4) is 0 Å². The Morgan fingerprint density at radius 2 is 2.07 bits per heavy atom. The number of anilines is 1. The topological polar surface area (TPSA) is 56.1 Å². The van der Waals surface area contributed by atoms with E-state index in [9.17, 15) is 4.79 Å². The minimum Gasteiger partial charge on any atom is -0.496 e. The number of hydrogen-bond acceptors (Lipinski definition) is 4. The molecule has 1 amide bonds. The molecule has 1 N–H and O–H groups in total. The van der Waals surface area contributed by atoms with E-state index >= 15 is 0 Å². The Morgan fingerprint density at radius 1 is 1.26 bits per heavy atom. The summed E-state index contributed by atoms with van der Waals surface area (Å²) in [4.78, 5) is 12.4. The van der Waals surface area contributed by atoms with Crippen LogP contribution in [0.2, 0.25) is 5.02 Å². The van der Waals surface area contributed by atoms with Crippen molar-refractivity contribution in [3.8, 4) is 11.4 Å². The van der Waals surface area contributed by atoms with E-state index in [1.807, 2.05) is 55.5 Å². The molecule has 0 spiro atoms. The van der Waals surface area contributed by atoms with Gasteiger partial charge in [-0.1, -0.05) is 35.9 Å². The van der Waals surface area contributed by atoms with Crippen LogP contribution in [0.25, 0.3) is 5.69 Å². The minimum atomic E-state index is -0.0666. The number of aryl methyl sites for hydroxylation is 1. The van der Waals surface area contributed by atoms with Crippen molar-refractivity contribution in [3.05, 3.63) is 70.4 Å². The zero-order chi connectivity index (χ0) is 19.0. The molecule has 0 unspecified atom stereocenters. The second-order valence-corrected chi connectivity index (χ2v) is 7.75. The van der Waals surface area contributed by atoms with Crippen LogP contribution >= 0.6 is 23.4 Å². The van der Waals surface area contributed by atoms with Crippen LogP contribution in [0.4, 0.5) is 5.82 Å². The maximum atomic E-state index is 12.4. The summed E-state index contributed by atoms with van der Waals surface area (Å²) < 4.78 is 7.32. The van der Waals surface area contributed by atoms with Gasteiger partial charge in [0.15, 0.2) is 0 Å². The van der Waals surface area contributed by atoms with Crippen LogP contribution < -0.4 is 10.1 Å². The Kier molecular flexibility index (Phi) is 4.85. The summed E-state index contributed by atoms with van der Waals surface area (Å²) in [6.45, 7) is 1.96. The highest BCUT2D eigenvalue weighted by atomic mass is 35.5. The van der Waals surface area contributed by atoms with Gasteiger partial charge in [-0.2, -0.15) is 5.10 Å². The van der Waals surface area contributed by atoms with Crippen LogP contribution in [-0.2, 0) is 4.79 Å². The van der Waals surface area contributed by atoms with Gasteiger partial charge in [-0.3, -0.25) is 4.79 Å². The van der Waals surface area contributed by atoms with Crippen molar-refractivity contribution in [2.75, 3.05) is 18.2 Å². The average Bonchev–Trinajstić information content (AvgIpc) is 2.88. The third kappa shape index (κ3) is 3.31. The molecular weight excluding hydrogens is 382 g/mol. The van der Waals surface area contributed by atoms with Gasteiger partial charge in [0.2, 0.25) is 5.91 Å². The Labute approximate surface area is 166 Å². The molecule has 5 nitrogen and oxygen atoms in total. The van der Waals surface area contributed by atoms with Crippen LogP contribution in [0, 0.1) is 6.92 Å². The van der Waals surface area contributed by atoms with Crippen LogP contribution in [0.15, 0.2) is 48.5 Å². The maximum absolute atomic E-state index is 12.4. The summed E-state index contributed by atoms with van der Waals surface area (Å²) in [5.74, 6) is 1.78. The molecule has 1 aliphatic rings. The number of hydrogen-bond donors (Lipinski definition) is 1. The molecule has 1 aliphatic heterocycles. The molecule has 7 heteroatoms. The van der Waals surface area contributed by atoms with E-state index in [0.717, 1.165) is 28.3 Å². The van der Waals surface area contributed by atoms with Crippen molar-refractivity contribution in [2.45, 2.75) is 12.2 Å². The quantitative estimate of drug-likeness (QED) is 0.698. The molecule has 2 heterocycles. The highest BCUT2D eigenvalue weighted by molar-refractivity contribution is 8.00. The average molecular weight is 400 g/mol. The van der Waals surface area contributed by atoms with Crippen molar-refractivity contribution >= 4 is 35.1 Å². The number of amides is 1. The number of ether oxygens (including phenoxy) is 1. The summed E-state index contributed by atoms with van der Waals surface area (Å²) in [6.07, 6.45) is 0. The van der Waals surface area contributed by atoms with Gasteiger partial charge < -0.3 is 10.1 Å².